The summed E-state index contributed by atoms with van der Waals surface area (Å²) in [6.07, 6.45) is 4.26. The van der Waals surface area contributed by atoms with Crippen LogP contribution in [0.5, 0.6) is 0 Å². The maximum Gasteiger partial charge on any atom is 0.0105 e. The predicted molar refractivity (Wildman–Crippen MR) is 62.6 cm³/mol. The lowest BCUT2D eigenvalue weighted by atomic mass is 9.89. The van der Waals surface area contributed by atoms with Crippen LogP contribution in [0.15, 0.2) is 0 Å². The van der Waals surface area contributed by atoms with Crippen LogP contribution in [0.3, 0.4) is 0 Å². The van der Waals surface area contributed by atoms with Crippen molar-refractivity contribution in [3.8, 4) is 0 Å². The van der Waals surface area contributed by atoms with Crippen molar-refractivity contribution in [1.29, 1.82) is 0 Å². The summed E-state index contributed by atoms with van der Waals surface area (Å²) in [4.78, 5) is 2.57. The fourth-order valence-corrected chi connectivity index (χ4v) is 2.07. The average Bonchev–Trinajstić information content (AvgIpc) is 2.10. The molecule has 2 nitrogen and oxygen atoms in total. The summed E-state index contributed by atoms with van der Waals surface area (Å²) in [5.41, 5.74) is 0. The van der Waals surface area contributed by atoms with Crippen LogP contribution >= 0.6 is 0 Å². The fourth-order valence-electron chi connectivity index (χ4n) is 2.07. The van der Waals surface area contributed by atoms with Crippen LogP contribution in [0.4, 0.5) is 0 Å². The third-order valence-electron chi connectivity index (χ3n) is 3.83. The van der Waals surface area contributed by atoms with E-state index in [4.69, 9.17) is 0 Å². The highest BCUT2D eigenvalue weighted by molar-refractivity contribution is 4.83. The lowest BCUT2D eigenvalue weighted by molar-refractivity contribution is 0.0899. The van der Waals surface area contributed by atoms with Crippen molar-refractivity contribution in [1.82, 2.24) is 10.2 Å². The normalized spacial score (nSPS) is 22.1. The van der Waals surface area contributed by atoms with Gasteiger partial charge in [-0.1, -0.05) is 20.3 Å². The van der Waals surface area contributed by atoms with Crippen molar-refractivity contribution in [3.05, 3.63) is 0 Å². The minimum absolute atomic E-state index is 0.708. The molecule has 1 saturated carbocycles. The van der Waals surface area contributed by atoms with Crippen molar-refractivity contribution in [3.63, 3.8) is 0 Å². The first-order valence-corrected chi connectivity index (χ1v) is 6.09. The number of hydrogen-bond acceptors (Lipinski definition) is 2. The second-order valence-corrected chi connectivity index (χ2v) is 4.78. The first-order chi connectivity index (χ1) is 6.66. The zero-order valence-corrected chi connectivity index (χ0v) is 10.2. The Kier molecular flexibility index (Phi) is 4.90. The summed E-state index contributed by atoms with van der Waals surface area (Å²) in [6, 6.07) is 1.58. The van der Waals surface area contributed by atoms with Gasteiger partial charge in [0.25, 0.3) is 0 Å². The van der Waals surface area contributed by atoms with Crippen molar-refractivity contribution in [2.45, 2.75) is 52.1 Å². The second kappa shape index (κ2) is 5.72. The molecule has 0 amide bonds. The number of rotatable bonds is 6. The van der Waals surface area contributed by atoms with Gasteiger partial charge in [0, 0.05) is 12.1 Å². The highest BCUT2D eigenvalue weighted by Crippen LogP contribution is 2.26. The van der Waals surface area contributed by atoms with E-state index < -0.39 is 0 Å². The molecule has 0 aromatic heterocycles. The van der Waals surface area contributed by atoms with Gasteiger partial charge < -0.3 is 10.2 Å². The van der Waals surface area contributed by atoms with E-state index in [0.717, 1.165) is 25.0 Å². The summed E-state index contributed by atoms with van der Waals surface area (Å²) >= 11 is 0. The van der Waals surface area contributed by atoms with E-state index in [0.29, 0.717) is 6.04 Å². The van der Waals surface area contributed by atoms with Gasteiger partial charge in [0.05, 0.1) is 0 Å². The molecule has 0 radical (unpaired) electrons. The lowest BCUT2D eigenvalue weighted by Gasteiger charge is -2.41. The molecule has 1 rings (SSSR count). The largest absolute Gasteiger partial charge is 0.317 e. The van der Waals surface area contributed by atoms with E-state index in [1.807, 2.05) is 0 Å². The van der Waals surface area contributed by atoms with Gasteiger partial charge in [-0.25, -0.2) is 0 Å². The van der Waals surface area contributed by atoms with Crippen molar-refractivity contribution in [2.75, 3.05) is 20.1 Å². The average molecular weight is 198 g/mol. The van der Waals surface area contributed by atoms with Gasteiger partial charge in [0.2, 0.25) is 0 Å². The zero-order chi connectivity index (χ0) is 10.6. The SMILES string of the molecule is CCNCC(C)C(C)N(C)C1CCC1. The minimum Gasteiger partial charge on any atom is -0.317 e. The van der Waals surface area contributed by atoms with E-state index in [-0.39, 0.29) is 0 Å². The van der Waals surface area contributed by atoms with Crippen LogP contribution < -0.4 is 5.32 Å². The molecule has 1 aliphatic carbocycles. The summed E-state index contributed by atoms with van der Waals surface area (Å²) in [7, 11) is 2.29. The Morgan fingerprint density at radius 3 is 2.43 bits per heavy atom. The highest BCUT2D eigenvalue weighted by atomic mass is 15.2. The molecule has 2 atom stereocenters. The van der Waals surface area contributed by atoms with Crippen LogP contribution in [-0.4, -0.2) is 37.1 Å². The van der Waals surface area contributed by atoms with Crippen molar-refractivity contribution < 1.29 is 0 Å². The third kappa shape index (κ3) is 2.96. The molecule has 1 aliphatic rings. The van der Waals surface area contributed by atoms with Gasteiger partial charge in [-0.3, -0.25) is 0 Å². The van der Waals surface area contributed by atoms with E-state index in [1.54, 1.807) is 0 Å². The van der Waals surface area contributed by atoms with Crippen molar-refractivity contribution in [2.24, 2.45) is 5.92 Å². The summed E-state index contributed by atoms with van der Waals surface area (Å²) in [6.45, 7) is 9.12. The molecule has 0 spiro atoms. The van der Waals surface area contributed by atoms with Gasteiger partial charge in [0.15, 0.2) is 0 Å². The second-order valence-electron chi connectivity index (χ2n) is 4.78. The molecule has 0 aromatic carbocycles. The molecule has 0 heterocycles. The monoisotopic (exact) mass is 198 g/mol. The molecular formula is C12H26N2. The molecule has 0 aliphatic heterocycles. The minimum atomic E-state index is 0.708. The maximum atomic E-state index is 3.43. The Bertz CT molecular complexity index is 154. The van der Waals surface area contributed by atoms with E-state index in [2.05, 4.69) is 38.0 Å². The molecule has 2 heteroatoms. The van der Waals surface area contributed by atoms with Crippen LogP contribution in [-0.2, 0) is 0 Å². The summed E-state index contributed by atoms with van der Waals surface area (Å²) in [5.74, 6) is 0.751. The first kappa shape index (κ1) is 12.0. The smallest absolute Gasteiger partial charge is 0.0105 e. The van der Waals surface area contributed by atoms with Gasteiger partial charge in [-0.15, -0.1) is 0 Å². The van der Waals surface area contributed by atoms with Crippen molar-refractivity contribution >= 4 is 0 Å². The zero-order valence-electron chi connectivity index (χ0n) is 10.2. The predicted octanol–water partition coefficient (Wildman–Crippen LogP) is 2.10. The van der Waals surface area contributed by atoms with Gasteiger partial charge in [-0.05, 0) is 45.8 Å². The Hall–Kier alpha value is -0.0800. The Morgan fingerprint density at radius 2 is 2.00 bits per heavy atom. The molecule has 0 saturated heterocycles. The number of nitrogens with one attached hydrogen (secondary N) is 1. The Balaban J connectivity index is 2.26. The number of nitrogens with zero attached hydrogens (tertiary/aromatic N) is 1. The van der Waals surface area contributed by atoms with Crippen LogP contribution in [0.25, 0.3) is 0 Å². The molecule has 14 heavy (non-hydrogen) atoms. The van der Waals surface area contributed by atoms with E-state index in [9.17, 15) is 0 Å². The fraction of sp³-hybridized carbons (Fsp3) is 1.00. The van der Waals surface area contributed by atoms with Crippen LogP contribution in [0.2, 0.25) is 0 Å². The van der Waals surface area contributed by atoms with Gasteiger partial charge in [-0.2, -0.15) is 0 Å². The molecule has 1 N–H and O–H groups in total. The topological polar surface area (TPSA) is 15.3 Å². The van der Waals surface area contributed by atoms with Crippen LogP contribution in [0.1, 0.15) is 40.0 Å². The maximum absolute atomic E-state index is 3.43. The Labute approximate surface area is 89.1 Å². The van der Waals surface area contributed by atoms with E-state index >= 15 is 0 Å². The van der Waals surface area contributed by atoms with Crippen LogP contribution in [0, 0.1) is 5.92 Å². The summed E-state index contributed by atoms with van der Waals surface area (Å²) < 4.78 is 0. The quantitative estimate of drug-likeness (QED) is 0.703. The summed E-state index contributed by atoms with van der Waals surface area (Å²) in [5, 5.41) is 3.43. The Morgan fingerprint density at radius 1 is 1.36 bits per heavy atom. The third-order valence-corrected chi connectivity index (χ3v) is 3.83. The molecule has 1 fully saturated rings. The van der Waals surface area contributed by atoms with Gasteiger partial charge in [0.1, 0.15) is 0 Å². The molecule has 2 unspecified atom stereocenters. The molecule has 0 bridgehead atoms. The standard InChI is InChI=1S/C12H26N2/c1-5-13-9-10(2)11(3)14(4)12-7-6-8-12/h10-13H,5-9H2,1-4H3. The van der Waals surface area contributed by atoms with E-state index in [1.165, 1.54) is 19.3 Å². The first-order valence-electron chi connectivity index (χ1n) is 6.09. The lowest BCUT2D eigenvalue weighted by Crippen LogP contribution is -2.47. The molecular weight excluding hydrogens is 172 g/mol. The molecule has 0 aromatic rings. The molecule has 84 valence electrons. The van der Waals surface area contributed by atoms with Gasteiger partial charge >= 0.3 is 0 Å². The number of hydrogen-bond donors (Lipinski definition) is 1. The highest BCUT2D eigenvalue weighted by Gasteiger charge is 2.27.